The number of aromatic hydroxyl groups is 3. The molecule has 2 saturated heterocycles. The van der Waals surface area contributed by atoms with Crippen LogP contribution in [0.25, 0.3) is 22.3 Å². The van der Waals surface area contributed by atoms with Crippen LogP contribution in [-0.4, -0.2) is 152 Å². The number of carboxylic acid groups (broad SMARTS) is 1. The van der Waals surface area contributed by atoms with Crippen LogP contribution in [0.3, 0.4) is 0 Å². The van der Waals surface area contributed by atoms with Gasteiger partial charge in [-0.1, -0.05) is 0 Å². The lowest BCUT2D eigenvalue weighted by atomic mass is 9.80. The molecule has 9 atom stereocenters. The first-order valence-electron chi connectivity index (χ1n) is 15.2. The lowest BCUT2D eigenvalue weighted by Crippen LogP contribution is -2.76. The van der Waals surface area contributed by atoms with Crippen molar-refractivity contribution in [1.82, 2.24) is 0 Å². The topological polar surface area (TPSA) is 364 Å². The molecule has 21 heteroatoms. The fourth-order valence-electron chi connectivity index (χ4n) is 5.83. The van der Waals surface area contributed by atoms with Crippen LogP contribution < -0.4 is 10.2 Å². The zero-order chi connectivity index (χ0) is 38.4. The molecule has 3 heterocycles. The molecule has 2 aliphatic heterocycles. The summed E-state index contributed by atoms with van der Waals surface area (Å²) in [5.74, 6) is -10.1. The Morgan fingerprint density at radius 1 is 0.827 bits per heavy atom. The lowest BCUT2D eigenvalue weighted by molar-refractivity contribution is -0.407. The Balaban J connectivity index is 1.42. The Morgan fingerprint density at radius 2 is 1.52 bits per heavy atom. The first kappa shape index (κ1) is 38.6. The Labute approximate surface area is 289 Å². The van der Waals surface area contributed by atoms with Gasteiger partial charge in [0.05, 0.1) is 0 Å². The van der Waals surface area contributed by atoms with Gasteiger partial charge in [-0.05, 0) is 18.6 Å². The van der Waals surface area contributed by atoms with Crippen molar-refractivity contribution >= 4 is 22.9 Å². The minimum atomic E-state index is -3.73. The van der Waals surface area contributed by atoms with Crippen LogP contribution >= 0.6 is 0 Å². The number of benzene rings is 2. The normalized spacial score (nSPS) is 30.2. The number of aliphatic hydroxyl groups is 9. The van der Waals surface area contributed by atoms with Crippen LogP contribution in [-0.2, 0) is 30.2 Å². The summed E-state index contributed by atoms with van der Waals surface area (Å²) in [6.07, 6.45) is -20.1. The average Bonchev–Trinajstić information content (AvgIpc) is 3.07. The first-order chi connectivity index (χ1) is 24.4. The summed E-state index contributed by atoms with van der Waals surface area (Å²) in [6.45, 7) is -1.46. The summed E-state index contributed by atoms with van der Waals surface area (Å²) in [5, 5.41) is 132. The number of carbonyl (C=O) groups is 2. The predicted octanol–water partition coefficient (Wildman–Crippen LogP) is -4.19. The average molecular weight is 743 g/mol. The molecular formula is C31H34O21. The van der Waals surface area contributed by atoms with E-state index in [4.69, 9.17) is 23.4 Å². The highest BCUT2D eigenvalue weighted by molar-refractivity contribution is 5.86. The van der Waals surface area contributed by atoms with Crippen molar-refractivity contribution in [3.8, 4) is 34.3 Å². The van der Waals surface area contributed by atoms with Crippen LogP contribution in [0, 0.1) is 0 Å². The van der Waals surface area contributed by atoms with Gasteiger partial charge >= 0.3 is 11.9 Å². The SMILES string of the molecule is O=C(O[C@@H]1O[C@](CCO)(C(=O)O)C(O)(O)[C@H](O)[C@H]1O)[C@H]1O[C@@H](Oc2cc(O)c3c(=O)cc(-c4cc(O)c(O)c(CCO)c4)oc3c2)[C@H](O)[C@@H](O)[C@@H]1O. The monoisotopic (exact) mass is 742 g/mol. The van der Waals surface area contributed by atoms with Crippen molar-refractivity contribution in [3.63, 3.8) is 0 Å². The van der Waals surface area contributed by atoms with Crippen molar-refractivity contribution in [2.24, 2.45) is 0 Å². The summed E-state index contributed by atoms with van der Waals surface area (Å²) in [5.41, 5.74) is -4.20. The highest BCUT2D eigenvalue weighted by Gasteiger charge is 2.68. The number of rotatable bonds is 10. The molecule has 0 unspecified atom stereocenters. The van der Waals surface area contributed by atoms with Gasteiger partial charge in [0.25, 0.3) is 0 Å². The van der Waals surface area contributed by atoms with E-state index in [9.17, 15) is 80.8 Å². The van der Waals surface area contributed by atoms with E-state index in [2.05, 4.69) is 0 Å². The summed E-state index contributed by atoms with van der Waals surface area (Å²) < 4.78 is 26.4. The van der Waals surface area contributed by atoms with Crippen LogP contribution in [0.4, 0.5) is 0 Å². The first-order valence-corrected chi connectivity index (χ1v) is 15.2. The number of phenols is 3. The van der Waals surface area contributed by atoms with Crippen molar-refractivity contribution in [2.75, 3.05) is 13.2 Å². The summed E-state index contributed by atoms with van der Waals surface area (Å²) in [6, 6.07) is 5.24. The molecule has 0 spiro atoms. The maximum Gasteiger partial charge on any atom is 0.342 e. The molecule has 5 rings (SSSR count). The van der Waals surface area contributed by atoms with Crippen molar-refractivity contribution in [2.45, 2.75) is 73.4 Å². The van der Waals surface area contributed by atoms with Crippen molar-refractivity contribution in [3.05, 3.63) is 46.1 Å². The highest BCUT2D eigenvalue weighted by atomic mass is 16.8. The number of carbonyl (C=O) groups excluding carboxylic acids is 1. The molecule has 3 aromatic rings. The van der Waals surface area contributed by atoms with Crippen molar-refractivity contribution < 1.29 is 99.3 Å². The third-order valence-electron chi connectivity index (χ3n) is 8.64. The van der Waals surface area contributed by atoms with Gasteiger partial charge in [-0.3, -0.25) is 4.79 Å². The van der Waals surface area contributed by atoms with E-state index in [0.717, 1.165) is 24.3 Å². The summed E-state index contributed by atoms with van der Waals surface area (Å²) in [7, 11) is 0. The number of aliphatic hydroxyl groups excluding tert-OH is 7. The van der Waals surface area contributed by atoms with Gasteiger partial charge < -0.3 is 89.7 Å². The quantitative estimate of drug-likeness (QED) is 0.0532. The molecule has 52 heavy (non-hydrogen) atoms. The number of carboxylic acids is 1. The van der Waals surface area contributed by atoms with Gasteiger partial charge in [-0.15, -0.1) is 0 Å². The van der Waals surface area contributed by atoms with Crippen LogP contribution in [0.1, 0.15) is 12.0 Å². The third kappa shape index (κ3) is 6.59. The van der Waals surface area contributed by atoms with Crippen LogP contribution in [0.15, 0.2) is 39.5 Å². The molecule has 0 bridgehead atoms. The zero-order valence-electron chi connectivity index (χ0n) is 26.4. The highest BCUT2D eigenvalue weighted by Crippen LogP contribution is 2.41. The number of fused-ring (bicyclic) bond motifs is 1. The van der Waals surface area contributed by atoms with Gasteiger partial charge in [-0.2, -0.15) is 0 Å². The van der Waals surface area contributed by atoms with E-state index >= 15 is 0 Å². The number of esters is 1. The van der Waals surface area contributed by atoms with E-state index in [0.29, 0.717) is 0 Å². The Morgan fingerprint density at radius 3 is 2.15 bits per heavy atom. The lowest BCUT2D eigenvalue weighted by Gasteiger charge is -2.50. The maximum atomic E-state index is 13.1. The second kappa shape index (κ2) is 14.4. The van der Waals surface area contributed by atoms with Crippen LogP contribution in [0.2, 0.25) is 0 Å². The fourth-order valence-corrected chi connectivity index (χ4v) is 5.83. The van der Waals surface area contributed by atoms with Gasteiger partial charge in [0, 0.05) is 49.0 Å². The maximum absolute atomic E-state index is 13.1. The third-order valence-corrected chi connectivity index (χ3v) is 8.64. The van der Waals surface area contributed by atoms with E-state index in [1.807, 2.05) is 0 Å². The van der Waals surface area contributed by atoms with Crippen molar-refractivity contribution in [1.29, 1.82) is 0 Å². The molecule has 2 fully saturated rings. The number of aliphatic carboxylic acids is 1. The Bertz CT molecular complexity index is 1890. The van der Waals surface area contributed by atoms with Gasteiger partial charge in [0.15, 0.2) is 23.0 Å². The molecule has 1 aromatic heterocycles. The standard InChI is InChI=1S/C31H34O21/c32-3-1-10-5-11(6-15(36)19(10)37)16-9-14(35)18-13(34)7-12(8-17(18)49-16)48-27-22(40)20(38)21(39)24(50-27)26(43)51-28-23(41)25(42)31(46,47)30(52-28,2-4-33)29(44)45/h5-9,20-25,27-28,32-34,36-42,46-47H,1-4H2,(H,44,45)/t20-,21-,22+,23+,24-,25+,27+,28+,30+/m0/s1. The molecule has 0 saturated carbocycles. The molecule has 0 aliphatic carbocycles. The minimum absolute atomic E-state index is 0.0717. The number of hydrogen-bond donors (Lipinski definition) is 13. The fraction of sp³-hybridized carbons (Fsp3) is 0.452. The zero-order valence-corrected chi connectivity index (χ0v) is 26.4. The molecule has 21 nitrogen and oxygen atoms in total. The minimum Gasteiger partial charge on any atom is -0.507 e. The number of hydrogen-bond acceptors (Lipinski definition) is 20. The van der Waals surface area contributed by atoms with E-state index in [1.54, 1.807) is 0 Å². The molecule has 0 radical (unpaired) electrons. The van der Waals surface area contributed by atoms with Gasteiger partial charge in [0.2, 0.25) is 24.0 Å². The largest absolute Gasteiger partial charge is 0.507 e. The Kier molecular flexibility index (Phi) is 10.7. The molecule has 0 amide bonds. The molecular weight excluding hydrogens is 708 g/mol. The second-order valence-corrected chi connectivity index (χ2v) is 12.0. The molecule has 2 aliphatic rings. The molecule has 13 N–H and O–H groups in total. The number of phenolic OH excluding ortho intramolecular Hbond substituents is 3. The van der Waals surface area contributed by atoms with E-state index in [1.165, 1.54) is 6.07 Å². The van der Waals surface area contributed by atoms with E-state index < -0.39 is 121 Å². The summed E-state index contributed by atoms with van der Waals surface area (Å²) in [4.78, 5) is 38.1. The van der Waals surface area contributed by atoms with Gasteiger partial charge in [0.1, 0.15) is 58.7 Å². The number of ether oxygens (including phenoxy) is 4. The van der Waals surface area contributed by atoms with Crippen LogP contribution in [0.5, 0.6) is 23.0 Å². The predicted molar refractivity (Wildman–Crippen MR) is 163 cm³/mol. The van der Waals surface area contributed by atoms with Gasteiger partial charge in [-0.25, -0.2) is 9.59 Å². The van der Waals surface area contributed by atoms with E-state index in [-0.39, 0.29) is 34.3 Å². The Hall–Kier alpha value is -4.65. The molecule has 2 aromatic carbocycles. The summed E-state index contributed by atoms with van der Waals surface area (Å²) >= 11 is 0. The smallest absolute Gasteiger partial charge is 0.342 e. The molecule has 284 valence electrons. The second-order valence-electron chi connectivity index (χ2n) is 12.0.